The van der Waals surface area contributed by atoms with Gasteiger partial charge < -0.3 is 9.67 Å². The molecule has 0 saturated heterocycles. The molecule has 2 heterocycles. The van der Waals surface area contributed by atoms with E-state index >= 15 is 0 Å². The summed E-state index contributed by atoms with van der Waals surface area (Å²) in [6.45, 7) is 3.96. The van der Waals surface area contributed by atoms with Crippen LogP contribution in [-0.4, -0.2) is 15.6 Å². The molecule has 0 spiro atoms. The number of pyridine rings is 1. The van der Waals surface area contributed by atoms with Crippen molar-refractivity contribution in [2.24, 2.45) is 0 Å². The lowest BCUT2D eigenvalue weighted by Gasteiger charge is -2.30. The largest absolute Gasteiger partial charge is 0.477 e. The summed E-state index contributed by atoms with van der Waals surface area (Å²) in [5.41, 5.74) is 0.501. The number of benzene rings is 1. The summed E-state index contributed by atoms with van der Waals surface area (Å²) in [6, 6.07) is 2.65. The van der Waals surface area contributed by atoms with Gasteiger partial charge in [0.2, 0.25) is 5.43 Å². The molecular weight excluding hydrogens is 261 g/mol. The summed E-state index contributed by atoms with van der Waals surface area (Å²) < 4.78 is 15.5. The first-order valence-electron chi connectivity index (χ1n) is 6.51. The molecule has 5 heteroatoms. The molecule has 1 aliphatic heterocycles. The molecule has 4 nitrogen and oxygen atoms in total. The molecule has 20 heavy (non-hydrogen) atoms. The Balaban J connectivity index is 2.54. The number of hydrogen-bond acceptors (Lipinski definition) is 2. The molecule has 0 radical (unpaired) electrons. The molecule has 2 atom stereocenters. The highest BCUT2D eigenvalue weighted by Crippen LogP contribution is 2.37. The highest BCUT2D eigenvalue weighted by molar-refractivity contribution is 5.93. The maximum absolute atomic E-state index is 13.7. The average Bonchev–Trinajstić information content (AvgIpc) is 2.37. The van der Waals surface area contributed by atoms with Gasteiger partial charge in [-0.25, -0.2) is 9.18 Å². The van der Waals surface area contributed by atoms with Crippen LogP contribution in [0.2, 0.25) is 0 Å². The van der Waals surface area contributed by atoms with Gasteiger partial charge in [0, 0.05) is 17.6 Å². The van der Waals surface area contributed by atoms with Gasteiger partial charge in [0.1, 0.15) is 11.4 Å². The van der Waals surface area contributed by atoms with Gasteiger partial charge in [0.05, 0.1) is 5.52 Å². The van der Waals surface area contributed by atoms with E-state index < -0.39 is 17.2 Å². The van der Waals surface area contributed by atoms with Crippen molar-refractivity contribution in [3.8, 4) is 0 Å². The number of halogens is 1. The standard InChI is InChI=1S/C15H14FNO3/c1-7-3-8(2)17-6-12(15(19)20)14(18)11-5-9(16)4-10(7)13(11)17/h4-8H,3H2,1-2H3,(H,19,20). The Morgan fingerprint density at radius 3 is 2.75 bits per heavy atom. The van der Waals surface area contributed by atoms with Crippen molar-refractivity contribution in [3.05, 3.63) is 45.5 Å². The topological polar surface area (TPSA) is 59.3 Å². The SMILES string of the molecule is CC1CC(C)n2cc(C(=O)O)c(=O)c3cc(F)cc1c32. The predicted molar refractivity (Wildman–Crippen MR) is 72.9 cm³/mol. The lowest BCUT2D eigenvalue weighted by Crippen LogP contribution is -2.25. The molecule has 1 aromatic heterocycles. The Bertz CT molecular complexity index is 794. The van der Waals surface area contributed by atoms with Crippen molar-refractivity contribution in [1.29, 1.82) is 0 Å². The smallest absolute Gasteiger partial charge is 0.341 e. The van der Waals surface area contributed by atoms with Crippen LogP contribution < -0.4 is 5.43 Å². The Morgan fingerprint density at radius 2 is 2.10 bits per heavy atom. The minimum absolute atomic E-state index is 0.0733. The van der Waals surface area contributed by atoms with Gasteiger partial charge in [-0.2, -0.15) is 0 Å². The van der Waals surface area contributed by atoms with Crippen molar-refractivity contribution >= 4 is 16.9 Å². The van der Waals surface area contributed by atoms with Crippen molar-refractivity contribution in [3.63, 3.8) is 0 Å². The van der Waals surface area contributed by atoms with Crippen LogP contribution in [-0.2, 0) is 0 Å². The molecule has 0 bridgehead atoms. The van der Waals surface area contributed by atoms with E-state index in [1.165, 1.54) is 12.3 Å². The molecule has 1 N–H and O–H groups in total. The number of hydrogen-bond donors (Lipinski definition) is 1. The Labute approximate surface area is 114 Å². The fraction of sp³-hybridized carbons (Fsp3) is 0.333. The fourth-order valence-corrected chi connectivity index (χ4v) is 3.12. The second kappa shape index (κ2) is 4.16. The van der Waals surface area contributed by atoms with Crippen molar-refractivity contribution in [2.75, 3.05) is 0 Å². The molecular formula is C15H14FNO3. The number of carboxylic acid groups (broad SMARTS) is 1. The minimum Gasteiger partial charge on any atom is -0.477 e. The number of carbonyl (C=O) groups is 1. The van der Waals surface area contributed by atoms with E-state index in [2.05, 4.69) is 0 Å². The Kier molecular flexibility index (Phi) is 2.67. The zero-order chi connectivity index (χ0) is 14.6. The summed E-state index contributed by atoms with van der Waals surface area (Å²) in [5.74, 6) is -1.64. The maximum Gasteiger partial charge on any atom is 0.341 e. The number of nitrogens with zero attached hydrogens (tertiary/aromatic N) is 1. The molecule has 3 rings (SSSR count). The fourth-order valence-electron chi connectivity index (χ4n) is 3.12. The number of rotatable bonds is 1. The first-order valence-corrected chi connectivity index (χ1v) is 6.51. The summed E-state index contributed by atoms with van der Waals surface area (Å²) in [4.78, 5) is 23.4. The van der Waals surface area contributed by atoms with Gasteiger partial charge >= 0.3 is 5.97 Å². The third-order valence-corrected chi connectivity index (χ3v) is 4.05. The van der Waals surface area contributed by atoms with E-state index in [0.29, 0.717) is 5.52 Å². The molecule has 0 saturated carbocycles. The van der Waals surface area contributed by atoms with Gasteiger partial charge in [-0.15, -0.1) is 0 Å². The Morgan fingerprint density at radius 1 is 1.40 bits per heavy atom. The molecule has 0 aliphatic carbocycles. The summed E-state index contributed by atoms with van der Waals surface area (Å²) in [6.07, 6.45) is 2.17. The van der Waals surface area contributed by atoms with Crippen LogP contribution in [0.5, 0.6) is 0 Å². The van der Waals surface area contributed by atoms with Gasteiger partial charge in [-0.3, -0.25) is 4.79 Å². The first kappa shape index (κ1) is 12.8. The highest BCUT2D eigenvalue weighted by Gasteiger charge is 2.26. The van der Waals surface area contributed by atoms with Crippen molar-refractivity contribution in [2.45, 2.75) is 32.2 Å². The van der Waals surface area contributed by atoms with E-state index in [1.54, 1.807) is 4.57 Å². The molecule has 0 amide bonds. The summed E-state index contributed by atoms with van der Waals surface area (Å²) >= 11 is 0. The minimum atomic E-state index is -1.28. The number of carboxylic acids is 1. The van der Waals surface area contributed by atoms with Gasteiger partial charge in [0.15, 0.2) is 0 Å². The number of aromatic nitrogens is 1. The molecule has 104 valence electrons. The molecule has 2 unspecified atom stereocenters. The molecule has 1 aromatic carbocycles. The third-order valence-electron chi connectivity index (χ3n) is 4.05. The molecule has 1 aliphatic rings. The van der Waals surface area contributed by atoms with Crippen LogP contribution in [0.1, 0.15) is 48.1 Å². The van der Waals surface area contributed by atoms with Gasteiger partial charge in [0.25, 0.3) is 0 Å². The summed E-state index contributed by atoms with van der Waals surface area (Å²) in [5, 5.41) is 9.28. The van der Waals surface area contributed by atoms with Crippen LogP contribution in [0.25, 0.3) is 10.9 Å². The Hall–Kier alpha value is -2.17. The number of aromatic carboxylic acids is 1. The van der Waals surface area contributed by atoms with Crippen LogP contribution >= 0.6 is 0 Å². The first-order chi connectivity index (χ1) is 9.40. The lowest BCUT2D eigenvalue weighted by atomic mass is 9.87. The van der Waals surface area contributed by atoms with Gasteiger partial charge in [-0.05, 0) is 37.0 Å². The monoisotopic (exact) mass is 275 g/mol. The van der Waals surface area contributed by atoms with E-state index in [-0.39, 0.29) is 22.9 Å². The normalized spacial score (nSPS) is 21.1. The summed E-state index contributed by atoms with van der Waals surface area (Å²) in [7, 11) is 0. The van der Waals surface area contributed by atoms with E-state index in [0.717, 1.165) is 18.1 Å². The van der Waals surface area contributed by atoms with Crippen LogP contribution in [0, 0.1) is 5.82 Å². The lowest BCUT2D eigenvalue weighted by molar-refractivity contribution is 0.0694. The van der Waals surface area contributed by atoms with E-state index in [9.17, 15) is 14.0 Å². The highest BCUT2D eigenvalue weighted by atomic mass is 19.1. The molecule has 2 aromatic rings. The van der Waals surface area contributed by atoms with Crippen LogP contribution in [0.3, 0.4) is 0 Å². The second-order valence-corrected chi connectivity index (χ2v) is 5.46. The van der Waals surface area contributed by atoms with E-state index in [1.807, 2.05) is 13.8 Å². The van der Waals surface area contributed by atoms with Crippen molar-refractivity contribution in [1.82, 2.24) is 4.57 Å². The van der Waals surface area contributed by atoms with E-state index in [4.69, 9.17) is 5.11 Å². The maximum atomic E-state index is 13.7. The van der Waals surface area contributed by atoms with Gasteiger partial charge in [-0.1, -0.05) is 6.92 Å². The quantitative estimate of drug-likeness (QED) is 0.870. The average molecular weight is 275 g/mol. The second-order valence-electron chi connectivity index (χ2n) is 5.46. The zero-order valence-electron chi connectivity index (χ0n) is 11.2. The molecule has 0 fully saturated rings. The van der Waals surface area contributed by atoms with Crippen molar-refractivity contribution < 1.29 is 14.3 Å². The third kappa shape index (κ3) is 1.66. The van der Waals surface area contributed by atoms with Crippen LogP contribution in [0.4, 0.5) is 4.39 Å². The predicted octanol–water partition coefficient (Wildman–Crippen LogP) is 2.91. The van der Waals surface area contributed by atoms with Crippen LogP contribution in [0.15, 0.2) is 23.1 Å². The zero-order valence-corrected chi connectivity index (χ0v) is 11.2.